The van der Waals surface area contributed by atoms with Crippen LogP contribution in [0.4, 0.5) is 10.1 Å². The molecule has 3 heterocycles. The summed E-state index contributed by atoms with van der Waals surface area (Å²) in [5.74, 6) is -1.89. The highest BCUT2D eigenvalue weighted by Gasteiger charge is 2.38. The number of carbonyl (C=O) groups is 3. The van der Waals surface area contributed by atoms with Crippen LogP contribution in [0.1, 0.15) is 29.4 Å². The minimum atomic E-state index is -0.725. The normalized spacial score (nSPS) is 17.2. The maximum Gasteiger partial charge on any atom is 0.307 e. The predicted molar refractivity (Wildman–Crippen MR) is 142 cm³/mol. The molecule has 38 heavy (non-hydrogen) atoms. The van der Waals surface area contributed by atoms with Gasteiger partial charge in [-0.3, -0.25) is 28.6 Å². The van der Waals surface area contributed by atoms with Crippen LogP contribution in [0.5, 0.6) is 0 Å². The third-order valence-electron chi connectivity index (χ3n) is 6.06. The summed E-state index contributed by atoms with van der Waals surface area (Å²) in [4.78, 5) is 52.1. The second-order valence-corrected chi connectivity index (χ2v) is 10.4. The Kier molecular flexibility index (Phi) is 8.93. The van der Waals surface area contributed by atoms with Crippen molar-refractivity contribution in [2.75, 3.05) is 25.0 Å². The lowest BCUT2D eigenvalue weighted by Gasteiger charge is -2.23. The molecule has 2 aromatic heterocycles. The van der Waals surface area contributed by atoms with E-state index in [9.17, 15) is 23.6 Å². The first-order valence-electron chi connectivity index (χ1n) is 12.0. The molecule has 12 heteroatoms. The van der Waals surface area contributed by atoms with E-state index >= 15 is 0 Å². The van der Waals surface area contributed by atoms with Crippen LogP contribution in [0.25, 0.3) is 5.69 Å². The van der Waals surface area contributed by atoms with Crippen molar-refractivity contribution in [1.82, 2.24) is 14.8 Å². The van der Waals surface area contributed by atoms with Gasteiger partial charge < -0.3 is 15.4 Å². The predicted octanol–water partition coefficient (Wildman–Crippen LogP) is 3.46. The number of benzene rings is 1. The zero-order valence-electron chi connectivity index (χ0n) is 20.5. The van der Waals surface area contributed by atoms with Crippen LogP contribution in [0.3, 0.4) is 0 Å². The topological polar surface area (TPSA) is 110 Å². The summed E-state index contributed by atoms with van der Waals surface area (Å²) in [5, 5.41) is 5.52. The smallest absolute Gasteiger partial charge is 0.307 e. The van der Waals surface area contributed by atoms with Crippen LogP contribution in [0.2, 0.25) is 4.34 Å². The molecule has 0 aliphatic carbocycles. The van der Waals surface area contributed by atoms with Crippen LogP contribution in [0, 0.1) is 5.82 Å². The van der Waals surface area contributed by atoms with Crippen molar-refractivity contribution in [2.24, 2.45) is 0 Å². The highest BCUT2D eigenvalue weighted by atomic mass is 35.5. The number of halogens is 2. The maximum atomic E-state index is 14.9. The summed E-state index contributed by atoms with van der Waals surface area (Å²) in [6.07, 6.45) is 1.85. The van der Waals surface area contributed by atoms with E-state index in [2.05, 4.69) is 10.6 Å². The number of carbonyl (C=O) groups excluding carboxylic acids is 3. The van der Waals surface area contributed by atoms with Crippen LogP contribution in [-0.2, 0) is 14.3 Å². The van der Waals surface area contributed by atoms with Crippen molar-refractivity contribution in [2.45, 2.75) is 31.8 Å². The van der Waals surface area contributed by atoms with E-state index in [4.69, 9.17) is 16.3 Å². The summed E-state index contributed by atoms with van der Waals surface area (Å²) >= 11 is 7.08. The number of likely N-dealkylation sites (tertiary alicyclic amines) is 1. The van der Waals surface area contributed by atoms with E-state index in [0.717, 1.165) is 11.3 Å². The summed E-state index contributed by atoms with van der Waals surface area (Å²) in [7, 11) is 0. The third kappa shape index (κ3) is 6.66. The van der Waals surface area contributed by atoms with Gasteiger partial charge in [0.25, 0.3) is 11.5 Å². The van der Waals surface area contributed by atoms with Crippen molar-refractivity contribution in [3.63, 3.8) is 0 Å². The minimum absolute atomic E-state index is 0.0474. The van der Waals surface area contributed by atoms with Crippen molar-refractivity contribution in [1.29, 1.82) is 0 Å². The van der Waals surface area contributed by atoms with Crippen molar-refractivity contribution in [3.05, 3.63) is 80.1 Å². The number of pyridine rings is 1. The SMILES string of the molecule is CCOC(=O)CCN1C[C@@H](NC(=O)c2ccc(Cl)s2)C[C@H]1C(=O)Nc1ccc(-n2ccccc2=O)cc1F. The molecule has 1 aliphatic rings. The first-order valence-corrected chi connectivity index (χ1v) is 13.2. The second-order valence-electron chi connectivity index (χ2n) is 8.64. The Balaban J connectivity index is 1.47. The van der Waals surface area contributed by atoms with Gasteiger partial charge in [-0.05, 0) is 43.7 Å². The van der Waals surface area contributed by atoms with Crippen LogP contribution in [0.15, 0.2) is 59.5 Å². The Morgan fingerprint density at radius 3 is 2.68 bits per heavy atom. The zero-order chi connectivity index (χ0) is 27.2. The van der Waals surface area contributed by atoms with Gasteiger partial charge in [0.2, 0.25) is 5.91 Å². The van der Waals surface area contributed by atoms with Gasteiger partial charge >= 0.3 is 5.97 Å². The number of anilines is 1. The molecule has 9 nitrogen and oxygen atoms in total. The van der Waals surface area contributed by atoms with Crippen LogP contribution < -0.4 is 16.2 Å². The molecule has 0 unspecified atom stereocenters. The van der Waals surface area contributed by atoms with Crippen molar-refractivity contribution >= 4 is 46.4 Å². The fourth-order valence-electron chi connectivity index (χ4n) is 4.30. The highest BCUT2D eigenvalue weighted by Crippen LogP contribution is 2.25. The van der Waals surface area contributed by atoms with Gasteiger partial charge in [0, 0.05) is 37.5 Å². The molecule has 200 valence electrons. The van der Waals surface area contributed by atoms with Crippen molar-refractivity contribution < 1.29 is 23.5 Å². The summed E-state index contributed by atoms with van der Waals surface area (Å²) in [6, 6.07) is 10.8. The van der Waals surface area contributed by atoms with E-state index in [1.165, 1.54) is 35.0 Å². The van der Waals surface area contributed by atoms with Crippen LogP contribution in [-0.4, -0.2) is 59.0 Å². The van der Waals surface area contributed by atoms with Gasteiger partial charge in [-0.2, -0.15) is 0 Å². The number of aromatic nitrogens is 1. The molecule has 3 aromatic rings. The number of amides is 2. The maximum absolute atomic E-state index is 14.9. The van der Waals surface area contributed by atoms with Gasteiger partial charge in [0.05, 0.1) is 39.7 Å². The first kappa shape index (κ1) is 27.5. The molecule has 1 saturated heterocycles. The molecule has 0 bridgehead atoms. The van der Waals surface area contributed by atoms with E-state index in [1.807, 2.05) is 0 Å². The lowest BCUT2D eigenvalue weighted by Crippen LogP contribution is -2.41. The summed E-state index contributed by atoms with van der Waals surface area (Å²) in [5.41, 5.74) is -0.0435. The molecule has 4 rings (SSSR count). The number of hydrogen-bond acceptors (Lipinski definition) is 7. The molecular formula is C26H26ClFN4O5S. The number of esters is 1. The Labute approximate surface area is 227 Å². The molecule has 0 spiro atoms. The fraction of sp³-hybridized carbons (Fsp3) is 0.308. The third-order valence-corrected chi connectivity index (χ3v) is 7.29. The molecule has 0 saturated carbocycles. The highest BCUT2D eigenvalue weighted by molar-refractivity contribution is 7.18. The van der Waals surface area contributed by atoms with Gasteiger partial charge in [-0.15, -0.1) is 11.3 Å². The lowest BCUT2D eigenvalue weighted by atomic mass is 10.1. The van der Waals surface area contributed by atoms with Crippen molar-refractivity contribution in [3.8, 4) is 5.69 Å². The van der Waals surface area contributed by atoms with E-state index in [1.54, 1.807) is 36.1 Å². The number of thiophene rings is 1. The minimum Gasteiger partial charge on any atom is -0.466 e. The molecule has 1 fully saturated rings. The Bertz CT molecular complexity index is 1390. The monoisotopic (exact) mass is 560 g/mol. The molecule has 2 atom stereocenters. The van der Waals surface area contributed by atoms with E-state index in [-0.39, 0.29) is 49.2 Å². The summed E-state index contributed by atoms with van der Waals surface area (Å²) < 4.78 is 21.7. The van der Waals surface area contributed by atoms with E-state index in [0.29, 0.717) is 21.4 Å². The van der Waals surface area contributed by atoms with Gasteiger partial charge in [0.1, 0.15) is 5.82 Å². The number of nitrogens with zero attached hydrogens (tertiary/aromatic N) is 2. The lowest BCUT2D eigenvalue weighted by molar-refractivity contribution is -0.143. The molecule has 1 aliphatic heterocycles. The fourth-order valence-corrected chi connectivity index (χ4v) is 5.25. The Hall–Kier alpha value is -3.54. The quantitative estimate of drug-likeness (QED) is 0.388. The number of hydrogen-bond donors (Lipinski definition) is 2. The summed E-state index contributed by atoms with van der Waals surface area (Å²) in [6.45, 7) is 2.50. The largest absolute Gasteiger partial charge is 0.466 e. The average Bonchev–Trinajstić information content (AvgIpc) is 3.50. The standard InChI is InChI=1S/C26H26ClFN4O5S/c1-2-37-24(34)10-12-31-15-16(29-26(36)21-8-9-22(27)38-21)13-20(31)25(35)30-19-7-6-17(14-18(19)28)32-11-4-3-5-23(32)33/h3-9,11,14,16,20H,2,10,12-13,15H2,1H3,(H,29,36)(H,30,35)/t16-,20-/m0/s1. The molecule has 2 amide bonds. The number of rotatable bonds is 9. The van der Waals surface area contributed by atoms with E-state index < -0.39 is 23.7 Å². The van der Waals surface area contributed by atoms with Crippen LogP contribution >= 0.6 is 22.9 Å². The number of nitrogens with one attached hydrogen (secondary N) is 2. The number of ether oxygens (including phenoxy) is 1. The van der Waals surface area contributed by atoms with Gasteiger partial charge in [-0.1, -0.05) is 17.7 Å². The average molecular weight is 561 g/mol. The van der Waals surface area contributed by atoms with Gasteiger partial charge in [-0.25, -0.2) is 4.39 Å². The molecule has 2 N–H and O–H groups in total. The molecular weight excluding hydrogens is 535 g/mol. The first-order chi connectivity index (χ1) is 18.2. The Morgan fingerprint density at radius 1 is 1.18 bits per heavy atom. The molecule has 0 radical (unpaired) electrons. The zero-order valence-corrected chi connectivity index (χ0v) is 22.1. The second kappa shape index (κ2) is 12.3. The molecule has 1 aromatic carbocycles. The Morgan fingerprint density at radius 2 is 2.00 bits per heavy atom. The van der Waals surface area contributed by atoms with Gasteiger partial charge in [0.15, 0.2) is 0 Å².